The monoisotopic (exact) mass is 1330 g/mol. The summed E-state index contributed by atoms with van der Waals surface area (Å²) in [4.78, 5) is 50.0. The topological polar surface area (TPSA) is 127 Å². The number of hydrogen-bond donors (Lipinski definition) is 2. The summed E-state index contributed by atoms with van der Waals surface area (Å²) in [6.45, 7) is 8.86. The number of ketones is 1. The molecule has 8 nitrogen and oxygen atoms in total. The highest BCUT2D eigenvalue weighted by Crippen LogP contribution is 2.69. The summed E-state index contributed by atoms with van der Waals surface area (Å²) in [7, 11) is -1.14. The van der Waals surface area contributed by atoms with Crippen LogP contribution in [0, 0.1) is 92.7 Å². The molecule has 0 spiro atoms. The van der Waals surface area contributed by atoms with Crippen LogP contribution in [0.2, 0.25) is 19.6 Å². The first-order chi connectivity index (χ1) is 46.2. The summed E-state index contributed by atoms with van der Waals surface area (Å²) >= 11 is 5.67. The average Bonchev–Trinajstić information content (AvgIpc) is 0.721. The summed E-state index contributed by atoms with van der Waals surface area (Å²) in [5, 5.41) is 21.3. The lowest BCUT2D eigenvalue weighted by Gasteiger charge is -2.62. The van der Waals surface area contributed by atoms with Crippen molar-refractivity contribution in [3.63, 3.8) is 0 Å². The number of carboxylic acids is 1. The minimum absolute atomic E-state index is 0.0548. The molecule has 16 bridgehead atoms. The molecule has 16 fully saturated rings. The van der Waals surface area contributed by atoms with E-state index < -0.39 is 24.4 Å². The van der Waals surface area contributed by atoms with Crippen molar-refractivity contribution in [3.05, 3.63) is 215 Å². The van der Waals surface area contributed by atoms with Gasteiger partial charge in [0.1, 0.15) is 26.4 Å². The number of hydrogen-bond acceptors (Lipinski definition) is 7. The second kappa shape index (κ2) is 27.2. The number of carbonyl (C=O) groups is 4. The van der Waals surface area contributed by atoms with E-state index in [0.29, 0.717) is 66.3 Å². The van der Waals surface area contributed by atoms with Crippen LogP contribution in [0.5, 0.6) is 0 Å². The van der Waals surface area contributed by atoms with Gasteiger partial charge in [-0.2, -0.15) is 11.1 Å². The maximum absolute atomic E-state index is 13.1. The molecule has 2 N–H and O–H groups in total. The van der Waals surface area contributed by atoms with Gasteiger partial charge in [0.15, 0.2) is 0 Å². The van der Waals surface area contributed by atoms with Crippen molar-refractivity contribution in [2.24, 2.45) is 92.7 Å². The summed E-state index contributed by atoms with van der Waals surface area (Å²) in [6, 6.07) is 62.8. The highest BCUT2D eigenvalue weighted by atomic mass is 35.6. The molecule has 16 aliphatic rings. The highest BCUT2D eigenvalue weighted by Gasteiger charge is 2.66. The number of halogens is 1. The van der Waals surface area contributed by atoms with Gasteiger partial charge in [0, 0.05) is 5.41 Å². The fourth-order valence-corrected chi connectivity index (χ4v) is 23.8. The molecule has 8 unspecified atom stereocenters. The SMILES string of the molecule is CC(=O)C12CC3CC(C1)C(c1ccccc1)C(C3)C2.C[Si](C)(C)Cl.O=C(O)C12CC3CC(C1)C(c1ccccc1)C(C3)C2.O=C(OCc1ccccc1)C12CC3CC(C1)C(O)(c1ccccc1)C(C3)C2.O=C(OCc1ccccc1)C12CC3CC(C1)C(c1ccccc1)C(C3)C2. The summed E-state index contributed by atoms with van der Waals surface area (Å²) in [5.41, 5.74) is 5.87. The maximum Gasteiger partial charge on any atom is 0.312 e. The first kappa shape index (κ1) is 67.1. The van der Waals surface area contributed by atoms with Gasteiger partial charge >= 0.3 is 17.9 Å². The van der Waals surface area contributed by atoms with Crippen LogP contribution in [0.25, 0.3) is 0 Å². The van der Waals surface area contributed by atoms with Crippen molar-refractivity contribution in [1.29, 1.82) is 0 Å². The third-order valence-corrected chi connectivity index (χ3v) is 26.5. The molecule has 16 aliphatic carbocycles. The zero-order chi connectivity index (χ0) is 66.6. The average molecular weight is 1330 g/mol. The van der Waals surface area contributed by atoms with Crippen molar-refractivity contribution in [2.45, 2.75) is 192 Å². The van der Waals surface area contributed by atoms with E-state index in [1.807, 2.05) is 97.9 Å². The van der Waals surface area contributed by atoms with E-state index in [4.69, 9.17) is 20.6 Å². The van der Waals surface area contributed by atoms with Gasteiger partial charge in [0.25, 0.3) is 0 Å². The molecular weight excluding hydrogens is 1220 g/mol. The molecule has 0 aromatic heterocycles. The smallest absolute Gasteiger partial charge is 0.312 e. The molecule has 0 heterocycles. The first-order valence-electron chi connectivity index (χ1n) is 37.0. The largest absolute Gasteiger partial charge is 0.481 e. The molecule has 10 heteroatoms. The Kier molecular flexibility index (Phi) is 19.0. The number of rotatable bonds is 12. The number of carboxylic acid groups (broad SMARTS) is 1. The molecule has 6 aromatic rings. The van der Waals surface area contributed by atoms with Crippen molar-refractivity contribution < 1.29 is 38.9 Å². The number of benzene rings is 6. The fraction of sp³-hybridized carbons (Fsp3) is 0.535. The van der Waals surface area contributed by atoms with E-state index in [0.717, 1.165) is 130 Å². The van der Waals surface area contributed by atoms with Crippen molar-refractivity contribution in [2.75, 3.05) is 0 Å². The van der Waals surface area contributed by atoms with Crippen molar-refractivity contribution in [1.82, 2.24) is 0 Å². The quantitative estimate of drug-likeness (QED) is 0.0705. The molecule has 0 amide bonds. The third kappa shape index (κ3) is 13.5. The Morgan fingerprint density at radius 3 is 1.00 bits per heavy atom. The van der Waals surface area contributed by atoms with Crippen LogP contribution in [0.1, 0.15) is 186 Å². The molecule has 8 atom stereocenters. The van der Waals surface area contributed by atoms with Gasteiger partial charge in [-0.25, -0.2) is 0 Å². The Morgan fingerprint density at radius 1 is 0.396 bits per heavy atom. The lowest BCUT2D eigenvalue weighted by atomic mass is 9.43. The van der Waals surface area contributed by atoms with Crippen LogP contribution in [-0.4, -0.2) is 41.3 Å². The highest BCUT2D eigenvalue weighted by molar-refractivity contribution is 7.18. The zero-order valence-corrected chi connectivity index (χ0v) is 59.0. The Balaban J connectivity index is 0.000000109. The van der Waals surface area contributed by atoms with Crippen molar-refractivity contribution >= 4 is 42.2 Å². The summed E-state index contributed by atoms with van der Waals surface area (Å²) in [6.07, 6.45) is 21.7. The number of Topliss-reactive ketones (excluding diaryl/α,β-unsaturated/α-hetero) is 1. The van der Waals surface area contributed by atoms with E-state index in [1.165, 1.54) is 61.6 Å². The Hall–Kier alpha value is -6.13. The number of carbonyl (C=O) groups excluding carboxylic acids is 3. The predicted molar refractivity (Wildman–Crippen MR) is 382 cm³/mol. The number of aliphatic hydroxyl groups is 1. The van der Waals surface area contributed by atoms with Crippen LogP contribution in [0.15, 0.2) is 182 Å². The normalized spacial score (nSPS) is 37.5. The van der Waals surface area contributed by atoms with Gasteiger partial charge in [0.05, 0.1) is 21.8 Å². The first-order valence-corrected chi connectivity index (χ1v) is 41.5. The van der Waals surface area contributed by atoms with Gasteiger partial charge in [-0.15, -0.1) is 0 Å². The number of ether oxygens (including phenoxy) is 2. The molecule has 506 valence electrons. The van der Waals surface area contributed by atoms with Gasteiger partial charge < -0.3 is 19.7 Å². The van der Waals surface area contributed by atoms with E-state index in [2.05, 4.69) is 111 Å². The molecular formula is C86H103ClO8Si. The molecule has 0 saturated heterocycles. The van der Waals surface area contributed by atoms with Crippen LogP contribution < -0.4 is 0 Å². The zero-order valence-electron chi connectivity index (χ0n) is 57.3. The molecule has 0 radical (unpaired) electrons. The lowest BCUT2D eigenvalue weighted by Crippen LogP contribution is -2.61. The molecule has 22 rings (SSSR count). The summed E-state index contributed by atoms with van der Waals surface area (Å²) < 4.78 is 11.6. The second-order valence-corrected chi connectivity index (χ2v) is 41.5. The van der Waals surface area contributed by atoms with Gasteiger partial charge in [-0.05, 0) is 257 Å². The minimum atomic E-state index is -1.14. The molecule has 96 heavy (non-hydrogen) atoms. The van der Waals surface area contributed by atoms with Gasteiger partial charge in [0.2, 0.25) is 0 Å². The summed E-state index contributed by atoms with van der Waals surface area (Å²) in [5.74, 6) is 9.02. The van der Waals surface area contributed by atoms with Crippen LogP contribution in [0.3, 0.4) is 0 Å². The molecule has 16 saturated carbocycles. The molecule has 0 aliphatic heterocycles. The van der Waals surface area contributed by atoms with E-state index >= 15 is 0 Å². The Bertz CT molecular complexity index is 3510. The number of esters is 2. The van der Waals surface area contributed by atoms with Crippen LogP contribution in [0.4, 0.5) is 0 Å². The molecule has 6 aromatic carbocycles. The standard InChI is InChI=1S/C24H26O3.C24H26O2.C18H22O.C17H20O2.C3H9ClSi/c25-22(27-16-17-7-3-1-4-8-17)23-13-18-11-20(14-23)24(26,21(12-18)15-23)19-9-5-2-6-10-19;25-23(26-16-17-7-3-1-4-8-17)24-13-18-11-20(14-24)22(21(12-18)15-24)19-9-5-2-6-10-19;1-12(19)18-9-13-7-15(10-18)17(16(8-13)11-18)14-5-3-2-4-6-14;18-16(19)17-8-11-6-13(9-17)15(14(7-11)10-17)12-4-2-1-3-5-12;1-5(2,3)4/h1-10,18,20-21,26H,11-16H2;1-10,18,20-22H,11-16H2;2-6,13,15-17H,7-11H2,1H3;1-5,11,13-15H,6-10H2,(H,18,19);1-3H3. The van der Waals surface area contributed by atoms with Crippen molar-refractivity contribution in [3.8, 4) is 0 Å². The van der Waals surface area contributed by atoms with Gasteiger partial charge in [-0.3, -0.25) is 19.2 Å². The predicted octanol–water partition coefficient (Wildman–Crippen LogP) is 19.7. The van der Waals surface area contributed by atoms with Gasteiger partial charge in [-0.1, -0.05) is 202 Å². The second-order valence-electron chi connectivity index (χ2n) is 33.9. The Labute approximate surface area is 577 Å². The maximum atomic E-state index is 13.1. The van der Waals surface area contributed by atoms with E-state index in [1.54, 1.807) is 0 Å². The van der Waals surface area contributed by atoms with E-state index in [9.17, 15) is 29.4 Å². The van der Waals surface area contributed by atoms with Crippen LogP contribution >= 0.6 is 11.1 Å². The fourth-order valence-electron chi connectivity index (χ4n) is 23.8. The third-order valence-electron chi connectivity index (χ3n) is 26.5. The lowest BCUT2D eigenvalue weighted by molar-refractivity contribution is -0.219. The number of aliphatic carboxylic acids is 1. The van der Waals surface area contributed by atoms with E-state index in [-0.39, 0.29) is 40.0 Å². The van der Waals surface area contributed by atoms with Crippen LogP contribution in [-0.2, 0) is 47.5 Å². The Morgan fingerprint density at radius 2 is 0.667 bits per heavy atom. The minimum Gasteiger partial charge on any atom is -0.481 e.